The van der Waals surface area contributed by atoms with Gasteiger partial charge >= 0.3 is 0 Å². The van der Waals surface area contributed by atoms with Gasteiger partial charge in [0, 0.05) is 24.8 Å². The number of rotatable bonds is 9. The molecule has 0 aliphatic heterocycles. The van der Waals surface area contributed by atoms with Crippen LogP contribution >= 0.6 is 11.8 Å². The lowest BCUT2D eigenvalue weighted by Gasteiger charge is -2.16. The molecule has 0 amide bonds. The van der Waals surface area contributed by atoms with E-state index in [2.05, 4.69) is 23.3 Å². The van der Waals surface area contributed by atoms with E-state index in [1.165, 1.54) is 5.56 Å². The van der Waals surface area contributed by atoms with Crippen molar-refractivity contribution in [2.45, 2.75) is 25.1 Å². The van der Waals surface area contributed by atoms with Gasteiger partial charge in [0.05, 0.1) is 19.3 Å². The Morgan fingerprint density at radius 1 is 1.56 bits per heavy atom. The maximum atomic E-state index is 8.75. The Morgan fingerprint density at radius 2 is 2.39 bits per heavy atom. The first-order valence-corrected chi connectivity index (χ1v) is 7.34. The van der Waals surface area contributed by atoms with Crippen LogP contribution in [0.25, 0.3) is 0 Å². The molecule has 2 N–H and O–H groups in total. The summed E-state index contributed by atoms with van der Waals surface area (Å²) in [5.74, 6) is 2.56. The molecule has 5 heteroatoms. The lowest BCUT2D eigenvalue weighted by atomic mass is 10.2. The third kappa shape index (κ3) is 5.71. The summed E-state index contributed by atoms with van der Waals surface area (Å²) in [6.45, 7) is 3.03. The van der Waals surface area contributed by atoms with Gasteiger partial charge in [-0.1, -0.05) is 6.92 Å². The van der Waals surface area contributed by atoms with Crippen LogP contribution in [0.2, 0.25) is 0 Å². The van der Waals surface area contributed by atoms with Crippen molar-refractivity contribution in [3.63, 3.8) is 0 Å². The predicted molar refractivity (Wildman–Crippen MR) is 77.1 cm³/mol. The highest BCUT2D eigenvalue weighted by atomic mass is 32.2. The van der Waals surface area contributed by atoms with Crippen molar-refractivity contribution in [1.29, 1.82) is 0 Å². The summed E-state index contributed by atoms with van der Waals surface area (Å²) >= 11 is 1.72. The highest BCUT2D eigenvalue weighted by Crippen LogP contribution is 2.15. The van der Waals surface area contributed by atoms with Gasteiger partial charge in [-0.25, -0.2) is 4.98 Å². The van der Waals surface area contributed by atoms with E-state index < -0.39 is 0 Å². The Balaban J connectivity index is 2.52. The molecule has 0 aromatic carbocycles. The summed E-state index contributed by atoms with van der Waals surface area (Å²) in [4.78, 5) is 4.31. The molecular weight excluding hydrogens is 248 g/mol. The van der Waals surface area contributed by atoms with Crippen LogP contribution in [0.3, 0.4) is 0 Å². The van der Waals surface area contributed by atoms with E-state index in [4.69, 9.17) is 9.84 Å². The molecule has 0 aliphatic carbocycles. The van der Waals surface area contributed by atoms with E-state index >= 15 is 0 Å². The second kappa shape index (κ2) is 9.19. The molecule has 102 valence electrons. The zero-order valence-corrected chi connectivity index (χ0v) is 11.9. The molecule has 0 saturated heterocycles. The maximum absolute atomic E-state index is 8.75. The van der Waals surface area contributed by atoms with E-state index in [1.807, 2.05) is 12.3 Å². The molecule has 0 spiro atoms. The van der Waals surface area contributed by atoms with Crippen molar-refractivity contribution < 1.29 is 9.84 Å². The number of ether oxygens (including phenoxy) is 1. The zero-order chi connectivity index (χ0) is 13.2. The second-order valence-corrected chi connectivity index (χ2v) is 5.14. The summed E-state index contributed by atoms with van der Waals surface area (Å²) in [6, 6.07) is 4.36. The topological polar surface area (TPSA) is 54.4 Å². The maximum Gasteiger partial charge on any atom is 0.126 e. The summed E-state index contributed by atoms with van der Waals surface area (Å²) in [5, 5.41) is 12.1. The molecule has 1 unspecified atom stereocenters. The number of hydrogen-bond acceptors (Lipinski definition) is 5. The third-order valence-electron chi connectivity index (χ3n) is 2.54. The van der Waals surface area contributed by atoms with E-state index in [0.29, 0.717) is 12.6 Å². The molecule has 0 saturated carbocycles. The highest BCUT2D eigenvalue weighted by molar-refractivity contribution is 7.98. The van der Waals surface area contributed by atoms with E-state index in [-0.39, 0.29) is 6.61 Å². The summed E-state index contributed by atoms with van der Waals surface area (Å²) in [6.07, 6.45) is 2.82. The Morgan fingerprint density at radius 3 is 3.06 bits per heavy atom. The molecule has 0 bridgehead atoms. The number of methoxy groups -OCH3 is 1. The van der Waals surface area contributed by atoms with Crippen LogP contribution in [0.1, 0.15) is 18.9 Å². The third-order valence-corrected chi connectivity index (χ3v) is 3.55. The average molecular weight is 270 g/mol. The van der Waals surface area contributed by atoms with Crippen molar-refractivity contribution in [1.82, 2.24) is 4.98 Å². The van der Waals surface area contributed by atoms with Crippen LogP contribution in [0.15, 0.2) is 18.3 Å². The highest BCUT2D eigenvalue weighted by Gasteiger charge is 2.06. The minimum absolute atomic E-state index is 0.229. The lowest BCUT2D eigenvalue weighted by Crippen LogP contribution is -2.24. The van der Waals surface area contributed by atoms with Crippen LogP contribution in [-0.2, 0) is 10.5 Å². The van der Waals surface area contributed by atoms with Gasteiger partial charge < -0.3 is 15.2 Å². The van der Waals surface area contributed by atoms with Crippen molar-refractivity contribution in [3.05, 3.63) is 23.9 Å². The predicted octanol–water partition coefficient (Wildman–Crippen LogP) is 2.14. The molecule has 0 radical (unpaired) electrons. The van der Waals surface area contributed by atoms with Crippen LogP contribution < -0.4 is 5.32 Å². The minimum Gasteiger partial charge on any atom is -0.396 e. The van der Waals surface area contributed by atoms with Gasteiger partial charge in [0.2, 0.25) is 0 Å². The first-order chi connectivity index (χ1) is 8.80. The van der Waals surface area contributed by atoms with Crippen molar-refractivity contribution in [3.8, 4) is 0 Å². The van der Waals surface area contributed by atoms with Crippen molar-refractivity contribution >= 4 is 17.6 Å². The van der Waals surface area contributed by atoms with E-state index in [1.54, 1.807) is 18.9 Å². The van der Waals surface area contributed by atoms with E-state index in [0.717, 1.165) is 23.7 Å². The fourth-order valence-electron chi connectivity index (χ4n) is 1.57. The van der Waals surface area contributed by atoms with Gasteiger partial charge in [-0.15, -0.1) is 0 Å². The summed E-state index contributed by atoms with van der Waals surface area (Å²) in [5.41, 5.74) is 1.22. The number of nitrogens with one attached hydrogen (secondary N) is 1. The number of aliphatic hydroxyl groups excluding tert-OH is 1. The normalized spacial score (nSPS) is 12.4. The Labute approximate surface area is 113 Å². The number of nitrogens with zero attached hydrogens (tertiary/aromatic N) is 1. The fraction of sp³-hybridized carbons (Fsp3) is 0.615. The molecule has 0 aliphatic rings. The molecule has 0 fully saturated rings. The summed E-state index contributed by atoms with van der Waals surface area (Å²) < 4.78 is 5.15. The van der Waals surface area contributed by atoms with Gasteiger partial charge in [0.25, 0.3) is 0 Å². The standard InChI is InChI=1S/C13H22N2O2S/c1-3-12(9-17-2)15-13-8-11(4-5-14-13)10-18-7-6-16/h4-5,8,12,16H,3,6-7,9-10H2,1-2H3,(H,14,15). The number of thioether (sulfide) groups is 1. The number of anilines is 1. The van der Waals surface area contributed by atoms with Gasteiger partial charge in [-0.3, -0.25) is 0 Å². The first-order valence-electron chi connectivity index (χ1n) is 6.19. The molecule has 1 rings (SSSR count). The SMILES string of the molecule is CCC(COC)Nc1cc(CSCCO)ccn1. The van der Waals surface area contributed by atoms with Crippen LogP contribution in [0.5, 0.6) is 0 Å². The van der Waals surface area contributed by atoms with Crippen molar-refractivity contribution in [2.24, 2.45) is 0 Å². The number of aliphatic hydroxyl groups is 1. The number of hydrogen-bond donors (Lipinski definition) is 2. The Hall–Kier alpha value is -0.780. The summed E-state index contributed by atoms with van der Waals surface area (Å²) in [7, 11) is 1.71. The monoisotopic (exact) mass is 270 g/mol. The number of aromatic nitrogens is 1. The van der Waals surface area contributed by atoms with Crippen molar-refractivity contribution in [2.75, 3.05) is 31.4 Å². The number of pyridine rings is 1. The lowest BCUT2D eigenvalue weighted by molar-refractivity contribution is 0.184. The first kappa shape index (κ1) is 15.3. The largest absolute Gasteiger partial charge is 0.396 e. The van der Waals surface area contributed by atoms with Gasteiger partial charge in [0.1, 0.15) is 5.82 Å². The molecule has 1 aromatic heterocycles. The smallest absolute Gasteiger partial charge is 0.126 e. The average Bonchev–Trinajstić information content (AvgIpc) is 2.39. The van der Waals surface area contributed by atoms with Crippen LogP contribution in [0, 0.1) is 0 Å². The Kier molecular flexibility index (Phi) is 7.80. The van der Waals surface area contributed by atoms with Crippen LogP contribution in [-0.4, -0.2) is 42.2 Å². The Bertz CT molecular complexity index is 337. The molecular formula is C13H22N2O2S. The minimum atomic E-state index is 0.229. The molecule has 1 atom stereocenters. The molecule has 18 heavy (non-hydrogen) atoms. The molecule has 1 heterocycles. The van der Waals surface area contributed by atoms with Crippen LogP contribution in [0.4, 0.5) is 5.82 Å². The van der Waals surface area contributed by atoms with Gasteiger partial charge in [-0.2, -0.15) is 11.8 Å². The fourth-order valence-corrected chi connectivity index (χ4v) is 2.26. The van der Waals surface area contributed by atoms with Gasteiger partial charge in [-0.05, 0) is 24.1 Å². The van der Waals surface area contributed by atoms with Gasteiger partial charge in [0.15, 0.2) is 0 Å². The molecule has 4 nitrogen and oxygen atoms in total. The molecule has 1 aromatic rings. The second-order valence-electron chi connectivity index (χ2n) is 4.03. The zero-order valence-electron chi connectivity index (χ0n) is 11.1. The van der Waals surface area contributed by atoms with E-state index in [9.17, 15) is 0 Å². The quantitative estimate of drug-likeness (QED) is 0.673.